The average Bonchev–Trinajstić information content (AvgIpc) is 3.45. The molecule has 0 saturated carbocycles. The zero-order valence-corrected chi connectivity index (χ0v) is 18.8. The lowest BCUT2D eigenvalue weighted by Gasteiger charge is -2.21. The number of rotatable bonds is 9. The van der Waals surface area contributed by atoms with Crippen LogP contribution in [-0.4, -0.2) is 59.3 Å². The number of methoxy groups -OCH3 is 1. The van der Waals surface area contributed by atoms with Crippen LogP contribution in [0.15, 0.2) is 36.8 Å². The van der Waals surface area contributed by atoms with Gasteiger partial charge in [-0.3, -0.25) is 14.6 Å². The molecule has 0 aliphatic carbocycles. The second-order valence-corrected chi connectivity index (χ2v) is 8.18. The van der Waals surface area contributed by atoms with Gasteiger partial charge in [-0.25, -0.2) is 4.52 Å². The van der Waals surface area contributed by atoms with Crippen molar-refractivity contribution in [2.75, 3.05) is 32.1 Å². The van der Waals surface area contributed by atoms with Crippen LogP contribution in [0.1, 0.15) is 29.4 Å². The summed E-state index contributed by atoms with van der Waals surface area (Å²) >= 11 is 0. The lowest BCUT2D eigenvalue weighted by Crippen LogP contribution is -2.30. The molecule has 4 heterocycles. The maximum Gasteiger partial charge on any atom is 0.252 e. The van der Waals surface area contributed by atoms with Crippen LogP contribution in [0.5, 0.6) is 0 Å². The van der Waals surface area contributed by atoms with Crippen molar-refractivity contribution in [3.8, 4) is 11.1 Å². The second kappa shape index (κ2) is 9.97. The van der Waals surface area contributed by atoms with E-state index < -0.39 is 5.91 Å². The van der Waals surface area contributed by atoms with Crippen molar-refractivity contribution < 1.29 is 14.3 Å². The fourth-order valence-electron chi connectivity index (χ4n) is 4.14. The molecule has 0 spiro atoms. The Morgan fingerprint density at radius 1 is 1.27 bits per heavy atom. The highest BCUT2D eigenvalue weighted by atomic mass is 16.5. The van der Waals surface area contributed by atoms with E-state index in [1.165, 1.54) is 13.3 Å². The van der Waals surface area contributed by atoms with E-state index >= 15 is 0 Å². The van der Waals surface area contributed by atoms with Gasteiger partial charge >= 0.3 is 0 Å². The average molecular weight is 452 g/mol. The van der Waals surface area contributed by atoms with Gasteiger partial charge in [0, 0.05) is 49.8 Å². The predicted octanol–water partition coefficient (Wildman–Crippen LogP) is 1.17. The van der Waals surface area contributed by atoms with Crippen LogP contribution in [-0.2, 0) is 16.1 Å². The summed E-state index contributed by atoms with van der Waals surface area (Å²) in [5.74, 6) is -0.244. The SMILES string of the molecule is CC[C@@H]1CNC[C@H]1Nc1c(C(N)=O)cnn2cc(-c3ccc(CNC(=O)COC)nc3)cc12. The number of primary amides is 1. The zero-order valence-electron chi connectivity index (χ0n) is 18.8. The molecule has 0 aromatic carbocycles. The number of pyridine rings is 1. The molecule has 1 aliphatic heterocycles. The Balaban J connectivity index is 1.61. The topological polar surface area (TPSA) is 136 Å². The number of anilines is 1. The molecule has 0 bridgehead atoms. The van der Waals surface area contributed by atoms with E-state index in [9.17, 15) is 9.59 Å². The molecule has 4 rings (SSSR count). The maximum atomic E-state index is 12.1. The molecular formula is C23H29N7O3. The van der Waals surface area contributed by atoms with Crippen LogP contribution in [0.3, 0.4) is 0 Å². The van der Waals surface area contributed by atoms with Crippen LogP contribution < -0.4 is 21.7 Å². The second-order valence-electron chi connectivity index (χ2n) is 8.18. The number of carbonyl (C=O) groups is 2. The number of nitrogens with two attached hydrogens (primary N) is 1. The quantitative estimate of drug-likeness (QED) is 0.383. The number of nitrogens with zero attached hydrogens (tertiary/aromatic N) is 3. The van der Waals surface area contributed by atoms with Crippen LogP contribution in [0.2, 0.25) is 0 Å². The van der Waals surface area contributed by atoms with Crippen molar-refractivity contribution in [3.05, 3.63) is 48.0 Å². The molecule has 1 aliphatic rings. The van der Waals surface area contributed by atoms with E-state index in [0.29, 0.717) is 23.7 Å². The summed E-state index contributed by atoms with van der Waals surface area (Å²) in [4.78, 5) is 28.1. The molecule has 1 saturated heterocycles. The molecule has 33 heavy (non-hydrogen) atoms. The number of ether oxygens (including phenoxy) is 1. The van der Waals surface area contributed by atoms with Crippen molar-refractivity contribution in [2.45, 2.75) is 25.9 Å². The van der Waals surface area contributed by atoms with Crippen molar-refractivity contribution in [3.63, 3.8) is 0 Å². The first-order chi connectivity index (χ1) is 16.0. The van der Waals surface area contributed by atoms with Gasteiger partial charge in [0.05, 0.1) is 35.2 Å². The van der Waals surface area contributed by atoms with Crippen molar-refractivity contribution in [1.82, 2.24) is 25.2 Å². The third-order valence-electron chi connectivity index (χ3n) is 6.00. The Hall–Kier alpha value is -3.50. The van der Waals surface area contributed by atoms with Gasteiger partial charge in [-0.1, -0.05) is 19.4 Å². The number of hydrogen-bond donors (Lipinski definition) is 4. The van der Waals surface area contributed by atoms with Gasteiger partial charge in [0.15, 0.2) is 0 Å². The summed E-state index contributed by atoms with van der Waals surface area (Å²) in [5, 5.41) is 14.1. The highest BCUT2D eigenvalue weighted by Crippen LogP contribution is 2.30. The Kier molecular flexibility index (Phi) is 6.85. The van der Waals surface area contributed by atoms with Gasteiger partial charge in [0.2, 0.25) is 5.91 Å². The fraction of sp³-hybridized carbons (Fsp3) is 0.391. The first kappa shape index (κ1) is 22.7. The number of fused-ring (bicyclic) bond motifs is 1. The molecule has 2 atom stereocenters. The van der Waals surface area contributed by atoms with E-state index in [2.05, 4.69) is 33.0 Å². The summed E-state index contributed by atoms with van der Waals surface area (Å²) in [7, 11) is 1.48. The number of nitrogens with one attached hydrogen (secondary N) is 3. The van der Waals surface area contributed by atoms with Gasteiger partial charge in [-0.2, -0.15) is 5.10 Å². The lowest BCUT2D eigenvalue weighted by atomic mass is 10.00. The molecule has 5 N–H and O–H groups in total. The number of aromatic nitrogens is 3. The first-order valence-corrected chi connectivity index (χ1v) is 11.0. The third-order valence-corrected chi connectivity index (χ3v) is 6.00. The molecule has 3 aromatic heterocycles. The number of hydrogen-bond acceptors (Lipinski definition) is 7. The Morgan fingerprint density at radius 3 is 2.82 bits per heavy atom. The molecule has 10 nitrogen and oxygen atoms in total. The van der Waals surface area contributed by atoms with E-state index in [-0.39, 0.29) is 18.6 Å². The summed E-state index contributed by atoms with van der Waals surface area (Å²) < 4.78 is 6.55. The lowest BCUT2D eigenvalue weighted by molar-refractivity contribution is -0.124. The predicted molar refractivity (Wildman–Crippen MR) is 125 cm³/mol. The molecule has 0 unspecified atom stereocenters. The molecular weight excluding hydrogens is 422 g/mol. The van der Waals surface area contributed by atoms with E-state index in [4.69, 9.17) is 10.5 Å². The normalized spacial score (nSPS) is 17.9. The van der Waals surface area contributed by atoms with Gasteiger partial charge in [-0.15, -0.1) is 0 Å². The highest BCUT2D eigenvalue weighted by molar-refractivity contribution is 6.02. The van der Waals surface area contributed by atoms with Crippen molar-refractivity contribution in [1.29, 1.82) is 0 Å². The minimum atomic E-state index is -0.518. The van der Waals surface area contributed by atoms with Gasteiger partial charge in [0.25, 0.3) is 5.91 Å². The Labute approximate surface area is 191 Å². The number of amides is 2. The molecule has 1 fully saturated rings. The molecule has 174 valence electrons. The van der Waals surface area contributed by atoms with E-state index in [1.807, 2.05) is 24.4 Å². The Morgan fingerprint density at radius 2 is 2.12 bits per heavy atom. The summed E-state index contributed by atoms with van der Waals surface area (Å²) in [5.41, 5.74) is 10.0. The van der Waals surface area contributed by atoms with Crippen LogP contribution in [0.25, 0.3) is 16.6 Å². The summed E-state index contributed by atoms with van der Waals surface area (Å²) in [6.07, 6.45) is 6.19. The highest BCUT2D eigenvalue weighted by Gasteiger charge is 2.27. The van der Waals surface area contributed by atoms with Crippen molar-refractivity contribution >= 4 is 23.0 Å². The molecule has 3 aromatic rings. The standard InChI is InChI=1S/C23H29N7O3/c1-3-14-7-25-11-19(14)29-22-18(23(24)32)10-28-30-12-16(6-20(22)30)15-4-5-17(26-8-15)9-27-21(31)13-33-2/h4-6,8,10,12,14,19,25,29H,3,7,9,11,13H2,1-2H3,(H2,24,32)(H,27,31)/t14-,19-/m1/s1. The molecule has 10 heteroatoms. The van der Waals surface area contributed by atoms with Gasteiger partial charge < -0.3 is 26.4 Å². The van der Waals surface area contributed by atoms with E-state index in [0.717, 1.165) is 41.8 Å². The van der Waals surface area contributed by atoms with Crippen LogP contribution >= 0.6 is 0 Å². The Bertz CT molecular complexity index is 1140. The molecule has 0 radical (unpaired) electrons. The van der Waals surface area contributed by atoms with Crippen LogP contribution in [0, 0.1) is 5.92 Å². The van der Waals surface area contributed by atoms with Gasteiger partial charge in [-0.05, 0) is 18.1 Å². The third kappa shape index (κ3) is 4.96. The van der Waals surface area contributed by atoms with Gasteiger partial charge in [0.1, 0.15) is 6.61 Å². The van der Waals surface area contributed by atoms with E-state index in [1.54, 1.807) is 10.7 Å². The minimum absolute atomic E-state index is 0.0159. The summed E-state index contributed by atoms with van der Waals surface area (Å²) in [6.45, 7) is 4.27. The summed E-state index contributed by atoms with van der Waals surface area (Å²) in [6, 6.07) is 5.98. The first-order valence-electron chi connectivity index (χ1n) is 11.0. The monoisotopic (exact) mass is 451 g/mol. The van der Waals surface area contributed by atoms with Crippen LogP contribution in [0.4, 0.5) is 5.69 Å². The molecule has 2 amide bonds. The zero-order chi connectivity index (χ0) is 23.4. The number of carbonyl (C=O) groups excluding carboxylic acids is 2. The fourth-order valence-corrected chi connectivity index (χ4v) is 4.14. The minimum Gasteiger partial charge on any atom is -0.378 e. The maximum absolute atomic E-state index is 12.1. The van der Waals surface area contributed by atoms with Crippen molar-refractivity contribution in [2.24, 2.45) is 11.7 Å². The smallest absolute Gasteiger partial charge is 0.252 e. The largest absolute Gasteiger partial charge is 0.378 e.